The Bertz CT molecular complexity index is 1400. The highest BCUT2D eigenvalue weighted by atomic mass is 31.2. The van der Waals surface area contributed by atoms with E-state index in [0.29, 0.717) is 31.5 Å². The van der Waals surface area contributed by atoms with Gasteiger partial charge in [0.15, 0.2) is 6.10 Å². The first-order chi connectivity index (χ1) is 28.6. The molecule has 59 heavy (non-hydrogen) atoms. The second-order valence-corrected chi connectivity index (χ2v) is 17.3. The topological polar surface area (TPSA) is 160 Å². The molecule has 0 amide bonds. The van der Waals surface area contributed by atoms with E-state index in [2.05, 4.69) is 58.1 Å². The highest BCUT2D eigenvalue weighted by molar-refractivity contribution is 7.47. The van der Waals surface area contributed by atoms with Gasteiger partial charge in [0.2, 0.25) is 0 Å². The van der Waals surface area contributed by atoms with Crippen molar-refractivity contribution in [2.24, 2.45) is 5.73 Å². The van der Waals surface area contributed by atoms with E-state index >= 15 is 0 Å². The molecule has 0 radical (unpaired) electrons. The van der Waals surface area contributed by atoms with Crippen molar-refractivity contribution in [3.05, 3.63) is 59.1 Å². The largest absolute Gasteiger partial charge is 0.472 e. The van der Waals surface area contributed by atoms with Crippen LogP contribution in [0.1, 0.15) is 178 Å². The number of furan rings is 1. The minimum atomic E-state index is -4.41. The number of epoxide rings is 1. The predicted octanol–water partition coefficient (Wildman–Crippen LogP) is 11.6. The molecule has 338 valence electrons. The number of nitrogens with two attached hydrogens (primary N) is 1. The Morgan fingerprint density at radius 1 is 0.695 bits per heavy atom. The SMILES string of the molecule is CCCCC/C=C\CC1OC1C/C=C\C/C=C\CCCC(=O)O[C@H](COC(=O)CCCCCCCCCCc1oc(CCCCC)c(C)c1C)COP(=O)(O)OCCN. The van der Waals surface area contributed by atoms with Crippen LogP contribution in [-0.2, 0) is 50.3 Å². The number of phosphoric acid groups is 1. The van der Waals surface area contributed by atoms with Crippen LogP contribution in [0.4, 0.5) is 0 Å². The van der Waals surface area contributed by atoms with E-state index in [9.17, 15) is 19.0 Å². The third kappa shape index (κ3) is 26.4. The lowest BCUT2D eigenvalue weighted by molar-refractivity contribution is -0.161. The van der Waals surface area contributed by atoms with Gasteiger partial charge in [0.05, 0.1) is 25.4 Å². The van der Waals surface area contributed by atoms with Crippen LogP contribution in [0.15, 0.2) is 40.9 Å². The van der Waals surface area contributed by atoms with E-state index in [-0.39, 0.29) is 32.6 Å². The molecule has 4 atom stereocenters. The van der Waals surface area contributed by atoms with Gasteiger partial charge in [0.1, 0.15) is 18.1 Å². The molecule has 0 aliphatic carbocycles. The van der Waals surface area contributed by atoms with Gasteiger partial charge in [-0.05, 0) is 89.2 Å². The van der Waals surface area contributed by atoms with Gasteiger partial charge in [-0.15, -0.1) is 0 Å². The van der Waals surface area contributed by atoms with Crippen LogP contribution in [0.5, 0.6) is 0 Å². The van der Waals surface area contributed by atoms with E-state index in [1.54, 1.807) is 0 Å². The molecule has 0 aromatic carbocycles. The quantitative estimate of drug-likeness (QED) is 0.0214. The number of ether oxygens (including phenoxy) is 3. The third-order valence-electron chi connectivity index (χ3n) is 10.6. The Kier molecular flexibility index (Phi) is 29.6. The summed E-state index contributed by atoms with van der Waals surface area (Å²) in [5.74, 6) is 1.41. The van der Waals surface area contributed by atoms with E-state index < -0.39 is 32.5 Å². The fourth-order valence-corrected chi connectivity index (χ4v) is 7.55. The van der Waals surface area contributed by atoms with Crippen molar-refractivity contribution in [1.29, 1.82) is 0 Å². The number of aryl methyl sites for hydroxylation is 2. The first-order valence-corrected chi connectivity index (χ1v) is 24.4. The summed E-state index contributed by atoms with van der Waals surface area (Å²) < 4.78 is 44.8. The van der Waals surface area contributed by atoms with E-state index in [1.807, 2.05) is 6.08 Å². The van der Waals surface area contributed by atoms with Gasteiger partial charge in [-0.25, -0.2) is 4.57 Å². The monoisotopic (exact) mass is 850 g/mol. The summed E-state index contributed by atoms with van der Waals surface area (Å²) in [6.07, 6.45) is 36.0. The van der Waals surface area contributed by atoms with Gasteiger partial charge in [-0.2, -0.15) is 0 Å². The fraction of sp³-hybridized carbons (Fsp3) is 0.745. The first-order valence-electron chi connectivity index (χ1n) is 22.9. The van der Waals surface area contributed by atoms with Crippen LogP contribution in [0, 0.1) is 13.8 Å². The Morgan fingerprint density at radius 2 is 1.24 bits per heavy atom. The van der Waals surface area contributed by atoms with Crippen molar-refractivity contribution in [3.8, 4) is 0 Å². The minimum Gasteiger partial charge on any atom is -0.466 e. The zero-order valence-electron chi connectivity index (χ0n) is 37.1. The number of hydrogen-bond acceptors (Lipinski definition) is 10. The number of carbonyl (C=O) groups is 2. The summed E-state index contributed by atoms with van der Waals surface area (Å²) in [5, 5.41) is 0. The summed E-state index contributed by atoms with van der Waals surface area (Å²) >= 11 is 0. The molecule has 2 rings (SSSR count). The molecule has 0 bridgehead atoms. The normalized spacial score (nSPS) is 17.0. The van der Waals surface area contributed by atoms with Crippen LogP contribution in [-0.4, -0.2) is 61.5 Å². The van der Waals surface area contributed by atoms with Crippen molar-refractivity contribution >= 4 is 19.8 Å². The molecule has 3 unspecified atom stereocenters. The Labute approximate surface area is 356 Å². The lowest BCUT2D eigenvalue weighted by atomic mass is 10.0. The average molecular weight is 850 g/mol. The summed E-state index contributed by atoms with van der Waals surface area (Å²) in [7, 11) is -4.41. The molecular formula is C47H80NO10P. The van der Waals surface area contributed by atoms with E-state index in [0.717, 1.165) is 70.0 Å². The molecule has 1 aromatic rings. The molecule has 1 aliphatic heterocycles. The lowest BCUT2D eigenvalue weighted by Gasteiger charge is -2.19. The highest BCUT2D eigenvalue weighted by Crippen LogP contribution is 2.43. The molecule has 0 saturated carbocycles. The maximum absolute atomic E-state index is 12.6. The molecule has 0 spiro atoms. The zero-order chi connectivity index (χ0) is 43.0. The molecule has 12 heteroatoms. The van der Waals surface area contributed by atoms with Gasteiger partial charge >= 0.3 is 19.8 Å². The van der Waals surface area contributed by atoms with Crippen molar-refractivity contribution in [2.45, 2.75) is 200 Å². The fourth-order valence-electron chi connectivity index (χ4n) is 6.79. The summed E-state index contributed by atoms with van der Waals surface area (Å²) in [4.78, 5) is 35.0. The summed E-state index contributed by atoms with van der Waals surface area (Å²) in [6.45, 7) is 7.93. The number of esters is 2. The van der Waals surface area contributed by atoms with Crippen molar-refractivity contribution in [3.63, 3.8) is 0 Å². The molecule has 11 nitrogen and oxygen atoms in total. The Morgan fingerprint density at radius 3 is 1.90 bits per heavy atom. The average Bonchev–Trinajstić information content (AvgIpc) is 3.92. The Balaban J connectivity index is 1.58. The standard InChI is InChI=1S/C47H80NO10P/c1-5-7-9-10-18-25-31-44-45(58-44)32-26-20-15-13-17-22-28-34-47(50)56-41(38-55-59(51,52)54-36-35-48)37-53-46(49)33-27-21-16-12-11-14-19-24-30-43-40(4)39(3)42(57-43)29-23-8-6-2/h13,17-18,20,25-26,41,44-45H,5-12,14-16,19,21-24,27-38,48H2,1-4H3,(H,51,52)/b17-13-,25-18-,26-20-/t41-,44?,45?/m1/s1. The number of rotatable bonds is 38. The maximum Gasteiger partial charge on any atom is 0.472 e. The van der Waals surface area contributed by atoms with E-state index in [4.69, 9.17) is 33.4 Å². The molecule has 3 N–H and O–H groups in total. The van der Waals surface area contributed by atoms with Gasteiger partial charge < -0.3 is 29.3 Å². The van der Waals surface area contributed by atoms with Crippen LogP contribution < -0.4 is 5.73 Å². The molecule has 1 fully saturated rings. The predicted molar refractivity (Wildman–Crippen MR) is 236 cm³/mol. The van der Waals surface area contributed by atoms with E-state index in [1.165, 1.54) is 74.7 Å². The highest BCUT2D eigenvalue weighted by Gasteiger charge is 2.36. The molecule has 1 aromatic heterocycles. The number of unbranched alkanes of at least 4 members (excludes halogenated alkanes) is 13. The zero-order valence-corrected chi connectivity index (χ0v) is 38.0. The smallest absolute Gasteiger partial charge is 0.466 e. The molecule has 2 heterocycles. The number of hydrogen-bond donors (Lipinski definition) is 2. The van der Waals surface area contributed by atoms with Crippen molar-refractivity contribution < 1.29 is 46.7 Å². The Hall–Kier alpha value is -2.53. The number of allylic oxidation sites excluding steroid dienone is 4. The van der Waals surface area contributed by atoms with Crippen LogP contribution in [0.25, 0.3) is 0 Å². The van der Waals surface area contributed by atoms with Gasteiger partial charge in [0, 0.05) is 32.2 Å². The lowest BCUT2D eigenvalue weighted by Crippen LogP contribution is -2.29. The van der Waals surface area contributed by atoms with Gasteiger partial charge in [0.25, 0.3) is 0 Å². The van der Waals surface area contributed by atoms with Gasteiger partial charge in [-0.1, -0.05) is 115 Å². The maximum atomic E-state index is 12.6. The molecule has 1 saturated heterocycles. The summed E-state index contributed by atoms with van der Waals surface area (Å²) in [6, 6.07) is 0. The second-order valence-electron chi connectivity index (χ2n) is 15.9. The molecular weight excluding hydrogens is 769 g/mol. The number of carbonyl (C=O) groups excluding carboxylic acids is 2. The van der Waals surface area contributed by atoms with Crippen molar-refractivity contribution in [2.75, 3.05) is 26.4 Å². The van der Waals surface area contributed by atoms with Crippen LogP contribution in [0.3, 0.4) is 0 Å². The van der Waals surface area contributed by atoms with Gasteiger partial charge in [-0.3, -0.25) is 18.6 Å². The molecule has 1 aliphatic rings. The van der Waals surface area contributed by atoms with Crippen molar-refractivity contribution in [1.82, 2.24) is 0 Å². The summed E-state index contributed by atoms with van der Waals surface area (Å²) in [5.41, 5.74) is 8.01. The number of phosphoric ester groups is 1. The minimum absolute atomic E-state index is 0.0356. The van der Waals surface area contributed by atoms with Crippen LogP contribution >= 0.6 is 7.82 Å². The van der Waals surface area contributed by atoms with Crippen LogP contribution in [0.2, 0.25) is 0 Å². The second kappa shape index (κ2) is 33.1. The third-order valence-corrected chi connectivity index (χ3v) is 11.6. The first kappa shape index (κ1) is 52.6.